The Hall–Kier alpha value is -2.69. The molecule has 0 amide bonds. The van der Waals surface area contributed by atoms with E-state index >= 15 is 0 Å². The molecule has 0 aromatic carbocycles. The number of nitrogens with one attached hydrogen (secondary N) is 1. The summed E-state index contributed by atoms with van der Waals surface area (Å²) in [6.45, 7) is 0.314. The maximum Gasteiger partial charge on any atom is 0.184 e. The Bertz CT molecular complexity index is 1190. The van der Waals surface area contributed by atoms with Crippen LogP contribution < -0.4 is 0 Å². The number of aromatic nitrogens is 6. The smallest absolute Gasteiger partial charge is 0.184 e. The molecule has 1 aliphatic rings. The molecule has 0 saturated carbocycles. The van der Waals surface area contributed by atoms with Crippen LogP contribution in [0.15, 0.2) is 23.6 Å². The van der Waals surface area contributed by atoms with Gasteiger partial charge in [0.15, 0.2) is 11.9 Å². The Balaban J connectivity index is 1.48. The van der Waals surface area contributed by atoms with E-state index in [1.807, 2.05) is 17.7 Å². The van der Waals surface area contributed by atoms with E-state index in [0.29, 0.717) is 23.7 Å². The molecule has 2 N–H and O–H groups in total. The Morgan fingerprint density at radius 3 is 2.93 bits per heavy atom. The molecule has 1 unspecified atom stereocenters. The van der Waals surface area contributed by atoms with Crippen molar-refractivity contribution in [3.8, 4) is 0 Å². The van der Waals surface area contributed by atoms with Crippen molar-refractivity contribution in [3.05, 3.63) is 51.1 Å². The number of hydrogen-bond donors (Lipinski definition) is 2. The number of nitrogens with zero attached hydrogens (tertiary/aromatic N) is 7. The van der Waals surface area contributed by atoms with Gasteiger partial charge in [0.1, 0.15) is 10.7 Å². The molecule has 1 aliphatic heterocycles. The van der Waals surface area contributed by atoms with Crippen LogP contribution in [0.4, 0.5) is 0 Å². The van der Waals surface area contributed by atoms with Crippen molar-refractivity contribution >= 4 is 39.5 Å². The summed E-state index contributed by atoms with van der Waals surface area (Å²) in [7, 11) is 3.72. The van der Waals surface area contributed by atoms with E-state index in [9.17, 15) is 5.11 Å². The first-order valence-corrected chi connectivity index (χ1v) is 9.83. The summed E-state index contributed by atoms with van der Waals surface area (Å²) in [6, 6.07) is 1.94. The molecule has 4 aromatic heterocycles. The van der Waals surface area contributed by atoms with Gasteiger partial charge in [-0.2, -0.15) is 15.3 Å². The van der Waals surface area contributed by atoms with Gasteiger partial charge in [0.05, 0.1) is 28.2 Å². The number of aliphatic hydroxyl groups is 1. The molecule has 0 spiro atoms. The number of rotatable bonds is 4. The minimum Gasteiger partial charge on any atom is -0.367 e. The minimum absolute atomic E-state index is 0.314. The van der Waals surface area contributed by atoms with Gasteiger partial charge in [0, 0.05) is 44.2 Å². The topological polar surface area (TPSA) is 100 Å². The quantitative estimate of drug-likeness (QED) is 0.531. The average Bonchev–Trinajstić information content (AvgIpc) is 3.40. The van der Waals surface area contributed by atoms with E-state index in [0.717, 1.165) is 32.3 Å². The van der Waals surface area contributed by atoms with Crippen LogP contribution in [0.1, 0.15) is 33.9 Å². The first kappa shape index (κ1) is 17.4. The molecule has 5 heterocycles. The van der Waals surface area contributed by atoms with Crippen molar-refractivity contribution in [2.75, 3.05) is 0 Å². The maximum atomic E-state index is 10.9. The Kier molecular flexibility index (Phi) is 4.00. The second-order valence-electron chi connectivity index (χ2n) is 6.69. The highest BCUT2D eigenvalue weighted by atomic mass is 35.5. The van der Waals surface area contributed by atoms with Crippen LogP contribution in [-0.2, 0) is 27.1 Å². The lowest BCUT2D eigenvalue weighted by Gasteiger charge is -2.28. The van der Waals surface area contributed by atoms with E-state index in [4.69, 9.17) is 16.6 Å². The zero-order chi connectivity index (χ0) is 19.4. The first-order valence-electron chi connectivity index (χ1n) is 8.64. The molecule has 9 nitrogen and oxygen atoms in total. The highest BCUT2D eigenvalue weighted by molar-refractivity contribution is 7.19. The van der Waals surface area contributed by atoms with Crippen LogP contribution in [0.5, 0.6) is 0 Å². The fraction of sp³-hybridized carbons (Fsp3) is 0.294. The molecule has 0 radical (unpaired) electrons. The van der Waals surface area contributed by atoms with Crippen LogP contribution in [0.3, 0.4) is 0 Å². The summed E-state index contributed by atoms with van der Waals surface area (Å²) in [5.74, 6) is 0. The molecule has 1 atom stereocenters. The summed E-state index contributed by atoms with van der Waals surface area (Å²) < 4.78 is 4.60. The molecule has 4 aromatic rings. The molecule has 0 saturated heterocycles. The monoisotopic (exact) mass is 416 g/mol. The number of fused-ring (bicyclic) bond motifs is 3. The van der Waals surface area contributed by atoms with Gasteiger partial charge in [-0.3, -0.25) is 14.8 Å². The Morgan fingerprint density at radius 1 is 1.36 bits per heavy atom. The second kappa shape index (κ2) is 6.43. The molecule has 11 heteroatoms. The molecule has 0 bridgehead atoms. The molecule has 0 aliphatic carbocycles. The van der Waals surface area contributed by atoms with Gasteiger partial charge in [-0.1, -0.05) is 11.6 Å². The average molecular weight is 417 g/mol. The number of thiazole rings is 1. The van der Waals surface area contributed by atoms with Crippen LogP contribution in [0.2, 0.25) is 5.02 Å². The second-order valence-corrected chi connectivity index (χ2v) is 8.18. The van der Waals surface area contributed by atoms with E-state index in [1.165, 1.54) is 0 Å². The first-order chi connectivity index (χ1) is 13.5. The number of aromatic amines is 1. The predicted octanol–water partition coefficient (Wildman–Crippen LogP) is 2.18. The van der Waals surface area contributed by atoms with Gasteiger partial charge >= 0.3 is 0 Å². The van der Waals surface area contributed by atoms with Crippen LogP contribution >= 0.6 is 22.9 Å². The fourth-order valence-corrected chi connectivity index (χ4v) is 4.83. The number of H-pyrrole nitrogens is 1. The highest BCUT2D eigenvalue weighted by Crippen LogP contribution is 2.37. The SMILES string of the molecule is Cn1cc(Cl)c(CN2N=Cc3c(n(C)c4nc(Cc5ccn[nH]5)sc34)C2O)n1. The van der Waals surface area contributed by atoms with Crippen molar-refractivity contribution in [2.24, 2.45) is 19.2 Å². The summed E-state index contributed by atoms with van der Waals surface area (Å²) in [5.41, 5.74) is 4.19. The van der Waals surface area contributed by atoms with Crippen molar-refractivity contribution in [2.45, 2.75) is 19.2 Å². The Labute approximate surface area is 168 Å². The predicted molar refractivity (Wildman–Crippen MR) is 106 cm³/mol. The van der Waals surface area contributed by atoms with Crippen molar-refractivity contribution in [3.63, 3.8) is 0 Å². The molecular weight excluding hydrogens is 400 g/mol. The maximum absolute atomic E-state index is 10.9. The number of hydrazone groups is 1. The third-order valence-electron chi connectivity index (χ3n) is 4.78. The lowest BCUT2D eigenvalue weighted by molar-refractivity contribution is -0.0108. The molecular formula is C17H17ClN8OS. The van der Waals surface area contributed by atoms with Gasteiger partial charge in [0.2, 0.25) is 0 Å². The zero-order valence-electron chi connectivity index (χ0n) is 15.2. The molecule has 5 rings (SSSR count). The third-order valence-corrected chi connectivity index (χ3v) is 6.17. The molecule has 0 fully saturated rings. The van der Waals surface area contributed by atoms with Gasteiger partial charge in [0.25, 0.3) is 0 Å². The fourth-order valence-electron chi connectivity index (χ4n) is 3.46. The van der Waals surface area contributed by atoms with E-state index < -0.39 is 6.23 Å². The highest BCUT2D eigenvalue weighted by Gasteiger charge is 2.31. The standard InChI is InChI=1S/C17H17ClN8OS/c1-24-7-11(18)12(23-24)8-26-17(27)14-10(6-20-26)15-16(25(14)2)21-13(28-15)5-9-3-4-19-22-9/h3-4,6-7,17,27H,5,8H2,1-2H3,(H,19,22). The molecule has 144 valence electrons. The summed E-state index contributed by atoms with van der Waals surface area (Å²) in [5, 5.41) is 29.8. The van der Waals surface area contributed by atoms with Crippen molar-refractivity contribution < 1.29 is 5.11 Å². The summed E-state index contributed by atoms with van der Waals surface area (Å²) >= 11 is 7.81. The lowest BCUT2D eigenvalue weighted by atomic mass is 10.2. The van der Waals surface area contributed by atoms with E-state index in [-0.39, 0.29) is 0 Å². The van der Waals surface area contributed by atoms with Gasteiger partial charge in [-0.15, -0.1) is 11.3 Å². The number of aryl methyl sites for hydroxylation is 2. The zero-order valence-corrected chi connectivity index (χ0v) is 16.7. The van der Waals surface area contributed by atoms with Gasteiger partial charge in [-0.05, 0) is 6.07 Å². The minimum atomic E-state index is -0.902. The normalized spacial score (nSPS) is 16.3. The van der Waals surface area contributed by atoms with Crippen molar-refractivity contribution in [1.82, 2.24) is 34.5 Å². The lowest BCUT2D eigenvalue weighted by Crippen LogP contribution is -2.29. The third kappa shape index (κ3) is 2.72. The van der Waals surface area contributed by atoms with Crippen molar-refractivity contribution in [1.29, 1.82) is 0 Å². The van der Waals surface area contributed by atoms with Crippen LogP contribution in [-0.4, -0.2) is 45.9 Å². The summed E-state index contributed by atoms with van der Waals surface area (Å²) in [6.07, 6.45) is 5.03. The van der Waals surface area contributed by atoms with Gasteiger partial charge < -0.3 is 9.67 Å². The van der Waals surface area contributed by atoms with E-state index in [2.05, 4.69) is 20.4 Å². The number of halogens is 1. The van der Waals surface area contributed by atoms with E-state index in [1.54, 1.807) is 46.7 Å². The largest absolute Gasteiger partial charge is 0.367 e. The van der Waals surface area contributed by atoms with Gasteiger partial charge in [-0.25, -0.2) is 4.98 Å². The Morgan fingerprint density at radius 2 is 2.21 bits per heavy atom. The summed E-state index contributed by atoms with van der Waals surface area (Å²) in [4.78, 5) is 4.76. The van der Waals surface area contributed by atoms with Crippen LogP contribution in [0.25, 0.3) is 10.3 Å². The number of aliphatic hydroxyl groups excluding tert-OH is 1. The van der Waals surface area contributed by atoms with Crippen LogP contribution in [0, 0.1) is 0 Å². The number of hydrogen-bond acceptors (Lipinski definition) is 7. The molecule has 28 heavy (non-hydrogen) atoms.